The lowest BCUT2D eigenvalue weighted by Gasteiger charge is -2.25. The van der Waals surface area contributed by atoms with Gasteiger partial charge in [-0.15, -0.1) is 0 Å². The first-order valence-electron chi connectivity index (χ1n) is 10.9. The number of fused-ring (bicyclic) bond motifs is 1. The maximum atomic E-state index is 12.7. The van der Waals surface area contributed by atoms with Crippen LogP contribution in [0, 0.1) is 0 Å². The number of ether oxygens (including phenoxy) is 3. The maximum absolute atomic E-state index is 12.7. The van der Waals surface area contributed by atoms with Crippen molar-refractivity contribution >= 4 is 29.3 Å². The van der Waals surface area contributed by atoms with E-state index < -0.39 is 11.7 Å². The summed E-state index contributed by atoms with van der Waals surface area (Å²) in [6, 6.07) is 11.8. The lowest BCUT2D eigenvalue weighted by atomic mass is 10.0. The molecule has 180 valence electrons. The molecule has 1 atom stereocenters. The van der Waals surface area contributed by atoms with Gasteiger partial charge in [-0.1, -0.05) is 18.2 Å². The normalized spacial score (nSPS) is 15.6. The minimum Gasteiger partial charge on any atom is -0.491 e. The van der Waals surface area contributed by atoms with Gasteiger partial charge in [0.15, 0.2) is 5.78 Å². The van der Waals surface area contributed by atoms with E-state index in [1.807, 2.05) is 6.07 Å². The Hall–Kier alpha value is -3.72. The van der Waals surface area contributed by atoms with Crippen LogP contribution in [0.2, 0.25) is 0 Å². The molecule has 1 aliphatic rings. The van der Waals surface area contributed by atoms with E-state index in [-0.39, 0.29) is 30.2 Å². The van der Waals surface area contributed by atoms with Crippen molar-refractivity contribution in [1.82, 2.24) is 0 Å². The van der Waals surface area contributed by atoms with Crippen LogP contribution < -0.4 is 15.8 Å². The summed E-state index contributed by atoms with van der Waals surface area (Å²) in [7, 11) is 0. The zero-order valence-corrected chi connectivity index (χ0v) is 19.7. The monoisotopic (exact) mass is 467 g/mol. The number of ketones is 1. The van der Waals surface area contributed by atoms with E-state index in [0.717, 1.165) is 5.56 Å². The number of nitrogens with two attached hydrogens (primary N) is 1. The van der Waals surface area contributed by atoms with Crippen LogP contribution in [-0.2, 0) is 20.7 Å². The number of amidine groups is 1. The predicted octanol–water partition coefficient (Wildman–Crippen LogP) is 3.49. The Kier molecular flexibility index (Phi) is 7.68. The summed E-state index contributed by atoms with van der Waals surface area (Å²) in [6.45, 7) is 7.09. The minimum atomic E-state index is -0.779. The molecule has 0 spiro atoms. The number of nitrogens with one attached hydrogen (secondary N) is 1. The number of carbonyl (C=O) groups excluding carboxylic acids is 3. The first-order chi connectivity index (χ1) is 16.0. The third-order valence-electron chi connectivity index (χ3n) is 4.77. The second-order valence-corrected chi connectivity index (χ2v) is 8.98. The number of Topliss-reactive ketones (excluding diaryl/α,β-unsaturated/α-hetero) is 1. The second-order valence-electron chi connectivity index (χ2n) is 8.98. The van der Waals surface area contributed by atoms with E-state index in [4.69, 9.17) is 19.9 Å². The van der Waals surface area contributed by atoms with Crippen LogP contribution in [0.1, 0.15) is 49.2 Å². The van der Waals surface area contributed by atoms with Crippen molar-refractivity contribution in [3.8, 4) is 5.75 Å². The molecule has 3 N–H and O–H groups in total. The minimum absolute atomic E-state index is 0.00127. The number of nitrogens with zero attached hydrogens (tertiary/aromatic N) is 1. The van der Waals surface area contributed by atoms with Gasteiger partial charge in [0.2, 0.25) is 0 Å². The van der Waals surface area contributed by atoms with Crippen molar-refractivity contribution in [2.45, 2.75) is 45.8 Å². The fraction of sp³-hybridized carbons (Fsp3) is 0.360. The van der Waals surface area contributed by atoms with Gasteiger partial charge in [-0.25, -0.2) is 4.79 Å². The van der Waals surface area contributed by atoms with Crippen molar-refractivity contribution < 1.29 is 28.6 Å². The van der Waals surface area contributed by atoms with Crippen molar-refractivity contribution in [2.24, 2.45) is 10.7 Å². The molecule has 0 radical (unpaired) electrons. The third-order valence-corrected chi connectivity index (χ3v) is 4.77. The average molecular weight is 468 g/mol. The summed E-state index contributed by atoms with van der Waals surface area (Å²) < 4.78 is 16.4. The van der Waals surface area contributed by atoms with Crippen LogP contribution in [0.3, 0.4) is 0 Å². The number of benzene rings is 2. The van der Waals surface area contributed by atoms with Gasteiger partial charge < -0.3 is 25.3 Å². The molecule has 9 nitrogen and oxygen atoms in total. The molecule has 34 heavy (non-hydrogen) atoms. The molecule has 3 rings (SSSR count). The van der Waals surface area contributed by atoms with Gasteiger partial charge in [0.1, 0.15) is 30.4 Å². The van der Waals surface area contributed by atoms with Crippen molar-refractivity contribution in [2.75, 3.05) is 18.5 Å². The average Bonchev–Trinajstić information content (AvgIpc) is 2.76. The highest BCUT2D eigenvalue weighted by atomic mass is 16.6. The number of carbonyl (C=O) groups is 3. The molecule has 2 amide bonds. The largest absolute Gasteiger partial charge is 0.491 e. The smallest absolute Gasteiger partial charge is 0.436 e. The molecule has 1 heterocycles. The summed E-state index contributed by atoms with van der Waals surface area (Å²) in [6.07, 6.45) is -0.329. The molecule has 1 unspecified atom stereocenters. The Morgan fingerprint density at radius 1 is 1.12 bits per heavy atom. The third kappa shape index (κ3) is 7.14. The van der Waals surface area contributed by atoms with E-state index >= 15 is 0 Å². The fourth-order valence-corrected chi connectivity index (χ4v) is 3.21. The Balaban J connectivity index is 1.61. The summed E-state index contributed by atoms with van der Waals surface area (Å²) in [5.41, 5.74) is 7.64. The molecule has 2 aromatic carbocycles. The van der Waals surface area contributed by atoms with Gasteiger partial charge in [0, 0.05) is 29.3 Å². The standard InChI is InChI=1S/C25H29N3O6/c1-15(29)13-32-20-11-18-9-10-19(12-21(18)33-14-20)27-23(30)17-7-5-16(6-8-17)22(26)28-24(31)34-25(2,3)4/h5-10,12,20H,11,13-14H2,1-4H3,(H,27,30)(H2,26,28,31). The SMILES string of the molecule is CC(=O)COC1COc2cc(NC(=O)c3ccc(C(N)=NC(=O)OC(C)(C)C)cc3)ccc2C1. The van der Waals surface area contributed by atoms with Gasteiger partial charge in [-0.3, -0.25) is 9.59 Å². The molecule has 0 aromatic heterocycles. The maximum Gasteiger partial charge on any atom is 0.436 e. The number of hydrogen-bond donors (Lipinski definition) is 2. The summed E-state index contributed by atoms with van der Waals surface area (Å²) in [5, 5.41) is 2.84. The molecule has 0 bridgehead atoms. The molecule has 0 saturated carbocycles. The molecular weight excluding hydrogens is 438 g/mol. The van der Waals surface area contributed by atoms with Gasteiger partial charge in [-0.05, 0) is 51.5 Å². The Morgan fingerprint density at radius 2 is 1.79 bits per heavy atom. The van der Waals surface area contributed by atoms with Gasteiger partial charge in [-0.2, -0.15) is 4.99 Å². The number of rotatable bonds is 6. The summed E-state index contributed by atoms with van der Waals surface area (Å²) >= 11 is 0. The summed E-state index contributed by atoms with van der Waals surface area (Å²) in [5.74, 6) is 0.322. The number of amides is 2. The second kappa shape index (κ2) is 10.5. The highest BCUT2D eigenvalue weighted by Crippen LogP contribution is 2.29. The molecule has 0 fully saturated rings. The molecule has 2 aromatic rings. The number of aliphatic imine (C=N–C) groups is 1. The first kappa shape index (κ1) is 24.9. The zero-order chi connectivity index (χ0) is 24.9. The number of hydrogen-bond acceptors (Lipinski definition) is 6. The molecule has 0 saturated heterocycles. The van der Waals surface area contributed by atoms with Crippen LogP contribution in [0.25, 0.3) is 0 Å². The van der Waals surface area contributed by atoms with Gasteiger partial charge in [0.05, 0.1) is 6.10 Å². The highest BCUT2D eigenvalue weighted by molar-refractivity contribution is 6.06. The van der Waals surface area contributed by atoms with Gasteiger partial charge >= 0.3 is 6.09 Å². The van der Waals surface area contributed by atoms with Crippen LogP contribution in [0.4, 0.5) is 10.5 Å². The zero-order valence-electron chi connectivity index (χ0n) is 19.7. The highest BCUT2D eigenvalue weighted by Gasteiger charge is 2.21. The van der Waals surface area contributed by atoms with Crippen LogP contribution in [0.5, 0.6) is 5.75 Å². The molecule has 0 aliphatic carbocycles. The Morgan fingerprint density at radius 3 is 2.44 bits per heavy atom. The number of anilines is 1. The Labute approximate surface area is 198 Å². The quantitative estimate of drug-likeness (QED) is 0.491. The molecule has 1 aliphatic heterocycles. The van der Waals surface area contributed by atoms with Gasteiger partial charge in [0.25, 0.3) is 5.91 Å². The van der Waals surface area contributed by atoms with Crippen molar-refractivity contribution in [3.05, 3.63) is 59.2 Å². The Bertz CT molecular complexity index is 1100. The van der Waals surface area contributed by atoms with Crippen LogP contribution in [0.15, 0.2) is 47.5 Å². The van der Waals surface area contributed by atoms with Crippen LogP contribution >= 0.6 is 0 Å². The molecular formula is C25H29N3O6. The summed E-state index contributed by atoms with van der Waals surface area (Å²) in [4.78, 5) is 39.3. The van der Waals surface area contributed by atoms with Crippen LogP contribution in [-0.4, -0.2) is 48.5 Å². The van der Waals surface area contributed by atoms with E-state index in [9.17, 15) is 14.4 Å². The fourth-order valence-electron chi connectivity index (χ4n) is 3.21. The van der Waals surface area contributed by atoms with E-state index in [2.05, 4.69) is 10.3 Å². The van der Waals surface area contributed by atoms with E-state index in [1.165, 1.54) is 6.92 Å². The predicted molar refractivity (Wildman–Crippen MR) is 127 cm³/mol. The lowest BCUT2D eigenvalue weighted by molar-refractivity contribution is -0.124. The molecule has 9 heteroatoms. The topological polar surface area (TPSA) is 129 Å². The van der Waals surface area contributed by atoms with E-state index in [1.54, 1.807) is 57.2 Å². The van der Waals surface area contributed by atoms with E-state index in [0.29, 0.717) is 35.6 Å². The lowest BCUT2D eigenvalue weighted by Crippen LogP contribution is -2.30. The first-order valence-corrected chi connectivity index (χ1v) is 10.9. The van der Waals surface area contributed by atoms with Crippen molar-refractivity contribution in [3.63, 3.8) is 0 Å². The van der Waals surface area contributed by atoms with Crippen molar-refractivity contribution in [1.29, 1.82) is 0 Å².